The minimum absolute atomic E-state index is 0.196. The number of ketones is 1. The van der Waals surface area contributed by atoms with Crippen LogP contribution in [0.15, 0.2) is 18.2 Å². The second-order valence-corrected chi connectivity index (χ2v) is 5.26. The summed E-state index contributed by atoms with van der Waals surface area (Å²) in [5.74, 6) is 0.196. The van der Waals surface area contributed by atoms with Crippen molar-refractivity contribution in [2.24, 2.45) is 0 Å². The van der Waals surface area contributed by atoms with Gasteiger partial charge in [0.05, 0.1) is 5.60 Å². The van der Waals surface area contributed by atoms with Crippen LogP contribution in [0.25, 0.3) is 0 Å². The number of ether oxygens (including phenoxy) is 1. The molecule has 94 valence electrons. The highest BCUT2D eigenvalue weighted by atomic mass is 16.5. The molecule has 0 aliphatic heterocycles. The predicted octanol–water partition coefficient (Wildman–Crippen LogP) is 3.69. The van der Waals surface area contributed by atoms with E-state index in [1.165, 1.54) is 0 Å². The summed E-state index contributed by atoms with van der Waals surface area (Å²) in [6, 6.07) is 5.99. The molecule has 0 fully saturated rings. The molecule has 0 aromatic heterocycles. The lowest BCUT2D eigenvalue weighted by atomic mass is 9.96. The summed E-state index contributed by atoms with van der Waals surface area (Å²) in [5, 5.41) is 0. The lowest BCUT2D eigenvalue weighted by Crippen LogP contribution is -2.23. The Morgan fingerprint density at radius 1 is 1.18 bits per heavy atom. The fraction of sp³-hybridized carbons (Fsp3) is 0.533. The largest absolute Gasteiger partial charge is 0.379 e. The van der Waals surface area contributed by atoms with Crippen LogP contribution in [0.5, 0.6) is 0 Å². The summed E-state index contributed by atoms with van der Waals surface area (Å²) in [6.07, 6.45) is 1.28. The number of carbonyl (C=O) groups excluding carboxylic acids is 1. The molecule has 0 saturated heterocycles. The fourth-order valence-corrected chi connectivity index (χ4v) is 1.80. The van der Waals surface area contributed by atoms with Gasteiger partial charge in [-0.3, -0.25) is 4.79 Å². The van der Waals surface area contributed by atoms with Gasteiger partial charge in [-0.15, -0.1) is 0 Å². The Morgan fingerprint density at radius 3 is 2.18 bits per heavy atom. The summed E-state index contributed by atoms with van der Waals surface area (Å²) in [7, 11) is 1.68. The van der Waals surface area contributed by atoms with E-state index < -0.39 is 0 Å². The quantitative estimate of drug-likeness (QED) is 0.726. The molecule has 2 nitrogen and oxygen atoms in total. The Hall–Kier alpha value is -1.15. The number of Topliss-reactive ketones (excluding diaryl/α,β-unsaturated/α-hetero) is 1. The van der Waals surface area contributed by atoms with Crippen LogP contribution in [0.1, 0.15) is 48.2 Å². The Morgan fingerprint density at radius 2 is 1.71 bits per heavy atom. The maximum absolute atomic E-state index is 12.1. The Kier molecular flexibility index (Phi) is 4.47. The number of aryl methyl sites for hydroxylation is 2. The van der Waals surface area contributed by atoms with Crippen LogP contribution in [0.3, 0.4) is 0 Å². The molecule has 1 aromatic carbocycles. The van der Waals surface area contributed by atoms with Crippen LogP contribution in [-0.4, -0.2) is 18.5 Å². The van der Waals surface area contributed by atoms with Crippen LogP contribution in [0.4, 0.5) is 0 Å². The fourth-order valence-electron chi connectivity index (χ4n) is 1.80. The normalized spacial score (nSPS) is 11.6. The van der Waals surface area contributed by atoms with Crippen molar-refractivity contribution in [3.8, 4) is 0 Å². The van der Waals surface area contributed by atoms with Crippen LogP contribution in [0, 0.1) is 13.8 Å². The van der Waals surface area contributed by atoms with Crippen LogP contribution in [0.2, 0.25) is 0 Å². The third kappa shape index (κ3) is 4.31. The molecule has 0 aliphatic rings. The number of hydrogen-bond acceptors (Lipinski definition) is 2. The Labute approximate surface area is 104 Å². The molecular formula is C15H22O2. The van der Waals surface area contributed by atoms with E-state index in [2.05, 4.69) is 6.07 Å². The predicted molar refractivity (Wildman–Crippen MR) is 70.6 cm³/mol. The summed E-state index contributed by atoms with van der Waals surface area (Å²) in [6.45, 7) is 8.04. The van der Waals surface area contributed by atoms with Gasteiger partial charge in [0.15, 0.2) is 5.78 Å². The smallest absolute Gasteiger partial charge is 0.163 e. The first-order valence-corrected chi connectivity index (χ1v) is 6.01. The monoisotopic (exact) mass is 234 g/mol. The molecule has 0 saturated carbocycles. The minimum Gasteiger partial charge on any atom is -0.379 e. The highest BCUT2D eigenvalue weighted by Gasteiger charge is 2.18. The second-order valence-electron chi connectivity index (χ2n) is 5.26. The van der Waals surface area contributed by atoms with E-state index in [0.717, 1.165) is 23.1 Å². The molecule has 1 aromatic rings. The number of methoxy groups -OCH3 is 1. The first-order valence-electron chi connectivity index (χ1n) is 6.01. The number of benzene rings is 1. The molecular weight excluding hydrogens is 212 g/mol. The van der Waals surface area contributed by atoms with Gasteiger partial charge in [0.25, 0.3) is 0 Å². The standard InChI is InChI=1S/C15H22O2/c1-11-8-12(2)10-13(9-11)14(16)6-7-15(3,4)17-5/h8-10H,6-7H2,1-5H3. The average Bonchev–Trinajstić information content (AvgIpc) is 2.24. The van der Waals surface area contributed by atoms with Crippen molar-refractivity contribution in [2.45, 2.75) is 46.1 Å². The van der Waals surface area contributed by atoms with E-state index in [0.29, 0.717) is 6.42 Å². The minimum atomic E-state index is -0.228. The topological polar surface area (TPSA) is 26.3 Å². The second kappa shape index (κ2) is 5.46. The zero-order chi connectivity index (χ0) is 13.1. The molecule has 0 N–H and O–H groups in total. The molecule has 0 unspecified atom stereocenters. The summed E-state index contributed by atoms with van der Waals surface area (Å²) >= 11 is 0. The third-order valence-corrected chi connectivity index (χ3v) is 3.05. The SMILES string of the molecule is COC(C)(C)CCC(=O)c1cc(C)cc(C)c1. The maximum Gasteiger partial charge on any atom is 0.163 e. The first-order chi connectivity index (χ1) is 7.84. The Balaban J connectivity index is 2.70. The van der Waals surface area contributed by atoms with E-state index in [-0.39, 0.29) is 11.4 Å². The van der Waals surface area contributed by atoms with Gasteiger partial charge in [-0.1, -0.05) is 17.2 Å². The van der Waals surface area contributed by atoms with Gasteiger partial charge in [-0.2, -0.15) is 0 Å². The number of rotatable bonds is 5. The zero-order valence-electron chi connectivity index (χ0n) is 11.5. The molecule has 0 heterocycles. The van der Waals surface area contributed by atoms with Crippen molar-refractivity contribution in [3.05, 3.63) is 34.9 Å². The van der Waals surface area contributed by atoms with Crippen molar-refractivity contribution in [1.82, 2.24) is 0 Å². The van der Waals surface area contributed by atoms with Crippen molar-refractivity contribution in [1.29, 1.82) is 0 Å². The van der Waals surface area contributed by atoms with E-state index in [9.17, 15) is 4.79 Å². The van der Waals surface area contributed by atoms with E-state index in [1.54, 1.807) is 7.11 Å². The van der Waals surface area contributed by atoms with Gasteiger partial charge in [-0.25, -0.2) is 0 Å². The number of carbonyl (C=O) groups is 1. The molecule has 0 atom stereocenters. The van der Waals surface area contributed by atoms with Crippen molar-refractivity contribution < 1.29 is 9.53 Å². The Bertz CT molecular complexity index is 385. The molecule has 0 radical (unpaired) electrons. The van der Waals surface area contributed by atoms with E-state index in [1.807, 2.05) is 39.8 Å². The highest BCUT2D eigenvalue weighted by Crippen LogP contribution is 2.18. The van der Waals surface area contributed by atoms with Gasteiger partial charge in [0.1, 0.15) is 0 Å². The maximum atomic E-state index is 12.1. The number of hydrogen-bond donors (Lipinski definition) is 0. The van der Waals surface area contributed by atoms with Crippen LogP contribution >= 0.6 is 0 Å². The molecule has 2 heteroatoms. The molecule has 1 rings (SSSR count). The van der Waals surface area contributed by atoms with Crippen molar-refractivity contribution in [3.63, 3.8) is 0 Å². The zero-order valence-corrected chi connectivity index (χ0v) is 11.5. The highest BCUT2D eigenvalue weighted by molar-refractivity contribution is 5.96. The van der Waals surface area contributed by atoms with Crippen molar-refractivity contribution >= 4 is 5.78 Å². The molecule has 0 amide bonds. The molecule has 0 aliphatic carbocycles. The lowest BCUT2D eigenvalue weighted by Gasteiger charge is -2.22. The van der Waals surface area contributed by atoms with Gasteiger partial charge in [0, 0.05) is 19.1 Å². The van der Waals surface area contributed by atoms with Gasteiger partial charge in [0.2, 0.25) is 0 Å². The van der Waals surface area contributed by atoms with Gasteiger partial charge < -0.3 is 4.74 Å². The van der Waals surface area contributed by atoms with Gasteiger partial charge in [-0.05, 0) is 46.2 Å². The third-order valence-electron chi connectivity index (χ3n) is 3.05. The van der Waals surface area contributed by atoms with Crippen LogP contribution < -0.4 is 0 Å². The first kappa shape index (κ1) is 13.9. The van der Waals surface area contributed by atoms with E-state index >= 15 is 0 Å². The van der Waals surface area contributed by atoms with Crippen molar-refractivity contribution in [2.75, 3.05) is 7.11 Å². The molecule has 0 bridgehead atoms. The lowest BCUT2D eigenvalue weighted by molar-refractivity contribution is 0.0141. The summed E-state index contributed by atoms with van der Waals surface area (Å²) < 4.78 is 5.32. The summed E-state index contributed by atoms with van der Waals surface area (Å²) in [4.78, 5) is 12.1. The molecule has 17 heavy (non-hydrogen) atoms. The summed E-state index contributed by atoms with van der Waals surface area (Å²) in [5.41, 5.74) is 2.86. The van der Waals surface area contributed by atoms with Crippen LogP contribution in [-0.2, 0) is 4.74 Å². The molecule has 0 spiro atoms. The van der Waals surface area contributed by atoms with E-state index in [4.69, 9.17) is 4.74 Å². The average molecular weight is 234 g/mol. The van der Waals surface area contributed by atoms with Gasteiger partial charge >= 0.3 is 0 Å².